The van der Waals surface area contributed by atoms with E-state index in [1.807, 2.05) is 0 Å². The second-order valence-electron chi connectivity index (χ2n) is 5.05. The Morgan fingerprint density at radius 3 is 2.50 bits per heavy atom. The lowest BCUT2D eigenvalue weighted by molar-refractivity contribution is -0.385. The van der Waals surface area contributed by atoms with Crippen LogP contribution < -0.4 is 5.73 Å². The van der Waals surface area contributed by atoms with E-state index in [9.17, 15) is 15.2 Å². The number of benzene rings is 1. The molecule has 1 aromatic carbocycles. The van der Waals surface area contributed by atoms with Gasteiger partial charge in [0.2, 0.25) is 0 Å². The first-order valence-corrected chi connectivity index (χ1v) is 7.22. The molecule has 0 aliphatic heterocycles. The van der Waals surface area contributed by atoms with E-state index >= 15 is 0 Å². The topological polar surface area (TPSA) is 89.4 Å². The average Bonchev–Trinajstić information content (AvgIpc) is 2.41. The maximum absolute atomic E-state index is 10.9. The van der Waals surface area contributed by atoms with Gasteiger partial charge in [0.25, 0.3) is 5.69 Å². The van der Waals surface area contributed by atoms with Gasteiger partial charge in [0.1, 0.15) is 5.75 Å². The fourth-order valence-corrected chi connectivity index (χ4v) is 3.18. The molecule has 0 heterocycles. The van der Waals surface area contributed by atoms with Gasteiger partial charge in [0.05, 0.1) is 9.40 Å². The molecule has 20 heavy (non-hydrogen) atoms. The van der Waals surface area contributed by atoms with Crippen LogP contribution in [0, 0.1) is 16.0 Å². The summed E-state index contributed by atoms with van der Waals surface area (Å²) in [6, 6.07) is 2.34. The van der Waals surface area contributed by atoms with E-state index in [1.54, 1.807) is 0 Å². The molecule has 112 valence electrons. The molecule has 1 atom stereocenters. The fourth-order valence-electron chi connectivity index (χ4n) is 2.71. The largest absolute Gasteiger partial charge is 0.506 e. The molecule has 5 nitrogen and oxygen atoms in total. The molecule has 0 radical (unpaired) electrons. The van der Waals surface area contributed by atoms with Crippen LogP contribution in [0.1, 0.15) is 43.7 Å². The van der Waals surface area contributed by atoms with Crippen molar-refractivity contribution in [3.8, 4) is 5.75 Å². The predicted octanol–water partition coefficient (Wildman–Crippen LogP) is 4.06. The van der Waals surface area contributed by atoms with Gasteiger partial charge in [-0.3, -0.25) is 10.1 Å². The Labute approximate surface area is 132 Å². The van der Waals surface area contributed by atoms with Gasteiger partial charge in [-0.1, -0.05) is 19.3 Å². The number of hydrogen-bond acceptors (Lipinski definition) is 4. The first-order chi connectivity index (χ1) is 9.00. The van der Waals surface area contributed by atoms with Crippen molar-refractivity contribution in [3.63, 3.8) is 0 Å². The molecule has 1 fully saturated rings. The lowest BCUT2D eigenvalue weighted by Crippen LogP contribution is -2.23. The highest BCUT2D eigenvalue weighted by Gasteiger charge is 2.26. The lowest BCUT2D eigenvalue weighted by atomic mass is 9.81. The Morgan fingerprint density at radius 2 is 1.95 bits per heavy atom. The number of hydrogen-bond donors (Lipinski definition) is 2. The Bertz CT molecular complexity index is 493. The minimum absolute atomic E-state index is 0. The minimum atomic E-state index is -0.471. The highest BCUT2D eigenvalue weighted by Crippen LogP contribution is 2.40. The molecule has 1 aliphatic rings. The Morgan fingerprint density at radius 1 is 1.35 bits per heavy atom. The van der Waals surface area contributed by atoms with Crippen molar-refractivity contribution in [2.45, 2.75) is 38.1 Å². The Kier molecular flexibility index (Phi) is 6.23. The van der Waals surface area contributed by atoms with Gasteiger partial charge in [-0.25, -0.2) is 0 Å². The zero-order valence-electron chi connectivity index (χ0n) is 10.9. The molecular formula is C13H18BrClN2O3. The zero-order chi connectivity index (χ0) is 14.0. The van der Waals surface area contributed by atoms with Crippen LogP contribution in [0.2, 0.25) is 0 Å². The number of phenolic OH excluding ortho intramolecular Hbond substituents is 1. The van der Waals surface area contributed by atoms with Crippen LogP contribution in [0.3, 0.4) is 0 Å². The number of phenols is 1. The molecule has 0 bridgehead atoms. The SMILES string of the molecule is Cl.N[C@H](c1cc([N+](=O)[O-])cc(Br)c1O)C1CCCCC1. The third-order valence-corrected chi connectivity index (χ3v) is 4.41. The number of nitro benzene ring substituents is 1. The van der Waals surface area contributed by atoms with E-state index in [0.717, 1.165) is 25.7 Å². The Hall–Kier alpha value is -0.850. The highest BCUT2D eigenvalue weighted by atomic mass is 79.9. The molecule has 1 aromatic rings. The van der Waals surface area contributed by atoms with Crippen molar-refractivity contribution >= 4 is 34.0 Å². The van der Waals surface area contributed by atoms with Crippen LogP contribution in [-0.4, -0.2) is 10.0 Å². The van der Waals surface area contributed by atoms with Gasteiger partial charge in [-0.05, 0) is 34.7 Å². The molecule has 0 aromatic heterocycles. The third kappa shape index (κ3) is 3.62. The van der Waals surface area contributed by atoms with Crippen molar-refractivity contribution in [2.24, 2.45) is 11.7 Å². The summed E-state index contributed by atoms with van der Waals surface area (Å²) in [6.45, 7) is 0. The predicted molar refractivity (Wildman–Crippen MR) is 83.2 cm³/mol. The monoisotopic (exact) mass is 364 g/mol. The quantitative estimate of drug-likeness (QED) is 0.624. The van der Waals surface area contributed by atoms with Gasteiger partial charge in [0, 0.05) is 23.7 Å². The number of non-ortho nitro benzene ring substituents is 1. The molecule has 0 amide bonds. The van der Waals surface area contributed by atoms with Gasteiger partial charge in [-0.2, -0.15) is 0 Å². The standard InChI is InChI=1S/C13H17BrN2O3.ClH/c14-11-7-9(16(18)19)6-10(13(11)17)12(15)8-4-2-1-3-5-8;/h6-8,12,17H,1-5,15H2;1H/t12-;/m0./s1. The van der Waals surface area contributed by atoms with E-state index < -0.39 is 4.92 Å². The summed E-state index contributed by atoms with van der Waals surface area (Å²) in [5.41, 5.74) is 6.62. The number of nitrogens with zero attached hydrogens (tertiary/aromatic N) is 1. The summed E-state index contributed by atoms with van der Waals surface area (Å²) in [5.74, 6) is 0.303. The van der Waals surface area contributed by atoms with Gasteiger partial charge >= 0.3 is 0 Å². The zero-order valence-corrected chi connectivity index (χ0v) is 13.3. The molecule has 1 aliphatic carbocycles. The first kappa shape index (κ1) is 17.2. The van der Waals surface area contributed by atoms with E-state index in [0.29, 0.717) is 10.0 Å². The van der Waals surface area contributed by atoms with Crippen LogP contribution in [0.15, 0.2) is 16.6 Å². The van der Waals surface area contributed by atoms with E-state index in [2.05, 4.69) is 15.9 Å². The molecular weight excluding hydrogens is 348 g/mol. The minimum Gasteiger partial charge on any atom is -0.506 e. The highest BCUT2D eigenvalue weighted by molar-refractivity contribution is 9.10. The molecule has 2 rings (SSSR count). The summed E-state index contributed by atoms with van der Waals surface area (Å²) in [7, 11) is 0. The summed E-state index contributed by atoms with van der Waals surface area (Å²) < 4.78 is 0.322. The van der Waals surface area contributed by atoms with E-state index in [4.69, 9.17) is 5.73 Å². The van der Waals surface area contributed by atoms with Crippen LogP contribution in [0.4, 0.5) is 5.69 Å². The van der Waals surface area contributed by atoms with Crippen molar-refractivity contribution in [3.05, 3.63) is 32.3 Å². The molecule has 0 spiro atoms. The van der Waals surface area contributed by atoms with Gasteiger partial charge in [-0.15, -0.1) is 12.4 Å². The first-order valence-electron chi connectivity index (χ1n) is 6.43. The number of nitrogens with two attached hydrogens (primary N) is 1. The molecule has 3 N–H and O–H groups in total. The molecule has 7 heteroatoms. The second kappa shape index (κ2) is 7.24. The van der Waals surface area contributed by atoms with Crippen LogP contribution >= 0.6 is 28.3 Å². The molecule has 0 saturated heterocycles. The second-order valence-corrected chi connectivity index (χ2v) is 5.90. The maximum Gasteiger partial charge on any atom is 0.271 e. The number of rotatable bonds is 3. The lowest BCUT2D eigenvalue weighted by Gasteiger charge is -2.28. The average molecular weight is 366 g/mol. The van der Waals surface area contributed by atoms with E-state index in [1.165, 1.54) is 18.6 Å². The van der Waals surface area contributed by atoms with Gasteiger partial charge < -0.3 is 10.8 Å². The maximum atomic E-state index is 10.9. The van der Waals surface area contributed by atoms with E-state index in [-0.39, 0.29) is 35.8 Å². The Balaban J connectivity index is 0.00000200. The summed E-state index contributed by atoms with van der Waals surface area (Å²) in [5, 5.41) is 20.9. The van der Waals surface area contributed by atoms with Crippen LogP contribution in [-0.2, 0) is 0 Å². The fraction of sp³-hybridized carbons (Fsp3) is 0.538. The van der Waals surface area contributed by atoms with Crippen molar-refractivity contribution in [2.75, 3.05) is 0 Å². The normalized spacial score (nSPS) is 17.3. The van der Waals surface area contributed by atoms with Gasteiger partial charge in [0.15, 0.2) is 0 Å². The smallest absolute Gasteiger partial charge is 0.271 e. The molecule has 0 unspecified atom stereocenters. The summed E-state index contributed by atoms with van der Waals surface area (Å²) >= 11 is 3.15. The third-order valence-electron chi connectivity index (χ3n) is 3.81. The molecule has 1 saturated carbocycles. The van der Waals surface area contributed by atoms with Crippen molar-refractivity contribution < 1.29 is 10.0 Å². The van der Waals surface area contributed by atoms with Crippen molar-refractivity contribution in [1.82, 2.24) is 0 Å². The number of aromatic hydroxyl groups is 1. The van der Waals surface area contributed by atoms with Crippen LogP contribution in [0.25, 0.3) is 0 Å². The number of nitro groups is 1. The van der Waals surface area contributed by atoms with Crippen molar-refractivity contribution in [1.29, 1.82) is 0 Å². The number of halogens is 2. The van der Waals surface area contributed by atoms with Crippen LogP contribution in [0.5, 0.6) is 5.75 Å². The summed E-state index contributed by atoms with van der Waals surface area (Å²) in [6.07, 6.45) is 5.51. The summed E-state index contributed by atoms with van der Waals surface area (Å²) in [4.78, 5) is 10.4.